The number of ketones is 1. The molecule has 4 nitrogen and oxygen atoms in total. The van der Waals surface area contributed by atoms with Crippen LogP contribution in [-0.4, -0.2) is 26.1 Å². The molecule has 0 radical (unpaired) electrons. The zero-order valence-electron chi connectivity index (χ0n) is 15.5. The van der Waals surface area contributed by atoms with Gasteiger partial charge in [0.25, 0.3) is 0 Å². The number of ether oxygens (including phenoxy) is 2. The number of halogens is 1. The van der Waals surface area contributed by atoms with Crippen molar-refractivity contribution in [3.8, 4) is 11.8 Å². The first-order chi connectivity index (χ1) is 13.6. The maximum Gasteiger partial charge on any atom is 0.194 e. The van der Waals surface area contributed by atoms with Gasteiger partial charge in [-0.3, -0.25) is 4.79 Å². The highest BCUT2D eigenvalue weighted by Crippen LogP contribution is 2.55. The largest absolute Gasteiger partial charge is 0.494 e. The zero-order valence-corrected chi connectivity index (χ0v) is 15.5. The highest BCUT2D eigenvalue weighted by molar-refractivity contribution is 6.33. The Labute approximate surface area is 162 Å². The number of carbonyl (C=O) groups is 1. The maximum atomic E-state index is 14.5. The molecule has 5 heteroatoms. The van der Waals surface area contributed by atoms with Crippen molar-refractivity contribution in [1.29, 1.82) is 5.26 Å². The van der Waals surface area contributed by atoms with Crippen LogP contribution in [0.25, 0.3) is 5.57 Å². The van der Waals surface area contributed by atoms with Crippen LogP contribution in [-0.2, 0) is 16.6 Å². The molecule has 0 bridgehead atoms. The number of nitrogens with zero attached hydrogens (tertiary/aromatic N) is 1. The Hall–Kier alpha value is -2.97. The van der Waals surface area contributed by atoms with E-state index in [2.05, 4.69) is 6.07 Å². The highest BCUT2D eigenvalue weighted by Gasteiger charge is 2.49. The van der Waals surface area contributed by atoms with Gasteiger partial charge in [-0.15, -0.1) is 0 Å². The number of benzene rings is 2. The SMILES string of the molecule is COc1cc2c(cc1F)C(=O)C1=C(Cc3cc(C#N)ccc31)C21CCOCC1. The van der Waals surface area contributed by atoms with Crippen LogP contribution in [0.5, 0.6) is 5.75 Å². The van der Waals surface area contributed by atoms with Crippen LogP contribution >= 0.6 is 0 Å². The summed E-state index contributed by atoms with van der Waals surface area (Å²) in [5.74, 6) is -0.519. The number of carbonyl (C=O) groups excluding carboxylic acids is 1. The van der Waals surface area contributed by atoms with Crippen molar-refractivity contribution in [2.75, 3.05) is 20.3 Å². The number of allylic oxidation sites excluding steroid dienone is 2. The van der Waals surface area contributed by atoms with Crippen molar-refractivity contribution in [3.05, 3.63) is 69.5 Å². The predicted molar refractivity (Wildman–Crippen MR) is 101 cm³/mol. The van der Waals surface area contributed by atoms with E-state index in [0.29, 0.717) is 36.3 Å². The summed E-state index contributed by atoms with van der Waals surface area (Å²) in [6.45, 7) is 1.17. The minimum atomic E-state index is -0.529. The molecule has 0 saturated carbocycles. The molecule has 0 aromatic heterocycles. The summed E-state index contributed by atoms with van der Waals surface area (Å²) in [4.78, 5) is 13.4. The summed E-state index contributed by atoms with van der Waals surface area (Å²) in [5.41, 5.74) is 5.07. The third-order valence-electron chi connectivity index (χ3n) is 6.38. The summed E-state index contributed by atoms with van der Waals surface area (Å²) in [6, 6.07) is 10.6. The van der Waals surface area contributed by atoms with E-state index in [9.17, 15) is 14.4 Å². The Morgan fingerprint density at radius 2 is 1.96 bits per heavy atom. The fraction of sp³-hybridized carbons (Fsp3) is 0.304. The summed E-state index contributed by atoms with van der Waals surface area (Å²) < 4.78 is 25.3. The molecule has 0 atom stereocenters. The number of nitriles is 1. The van der Waals surface area contributed by atoms with Gasteiger partial charge < -0.3 is 9.47 Å². The van der Waals surface area contributed by atoms with Crippen LogP contribution in [0.2, 0.25) is 0 Å². The maximum absolute atomic E-state index is 14.5. The Morgan fingerprint density at radius 3 is 2.68 bits per heavy atom. The molecule has 140 valence electrons. The van der Waals surface area contributed by atoms with Crippen molar-refractivity contribution in [2.24, 2.45) is 0 Å². The molecule has 0 unspecified atom stereocenters. The molecular formula is C23H18FNO3. The topological polar surface area (TPSA) is 59.3 Å². The van der Waals surface area contributed by atoms with E-state index in [1.54, 1.807) is 12.1 Å². The molecule has 5 rings (SSSR count). The van der Waals surface area contributed by atoms with E-state index in [1.807, 2.05) is 12.1 Å². The second-order valence-electron chi connectivity index (χ2n) is 7.57. The minimum absolute atomic E-state index is 0.146. The summed E-state index contributed by atoms with van der Waals surface area (Å²) in [6.07, 6.45) is 2.10. The molecule has 0 N–H and O–H groups in total. The Morgan fingerprint density at radius 1 is 1.18 bits per heavy atom. The average molecular weight is 375 g/mol. The number of hydrogen-bond acceptors (Lipinski definition) is 4. The van der Waals surface area contributed by atoms with Gasteiger partial charge in [-0.25, -0.2) is 4.39 Å². The van der Waals surface area contributed by atoms with E-state index < -0.39 is 5.82 Å². The number of rotatable bonds is 1. The first kappa shape index (κ1) is 17.2. The molecule has 1 fully saturated rings. The standard InChI is InChI=1S/C23H18FNO3/c1-27-20-11-17-16(10-19(20)24)22(26)21-15-3-2-13(12-25)8-14(15)9-18(21)23(17)4-6-28-7-5-23/h2-3,8,10-11H,4-7,9H2,1H3. The quantitative estimate of drug-likeness (QED) is 0.757. The zero-order chi connectivity index (χ0) is 19.5. The van der Waals surface area contributed by atoms with E-state index in [-0.39, 0.29) is 16.9 Å². The number of hydrogen-bond donors (Lipinski definition) is 0. The highest BCUT2D eigenvalue weighted by atomic mass is 19.1. The lowest BCUT2D eigenvalue weighted by Gasteiger charge is -2.43. The minimum Gasteiger partial charge on any atom is -0.494 e. The van der Waals surface area contributed by atoms with Gasteiger partial charge in [0, 0.05) is 29.8 Å². The lowest BCUT2D eigenvalue weighted by molar-refractivity contribution is 0.0602. The van der Waals surface area contributed by atoms with Crippen LogP contribution in [0.4, 0.5) is 4.39 Å². The van der Waals surface area contributed by atoms with Crippen LogP contribution in [0.3, 0.4) is 0 Å². The van der Waals surface area contributed by atoms with Crippen molar-refractivity contribution in [3.63, 3.8) is 0 Å². The van der Waals surface area contributed by atoms with Gasteiger partial charge in [0.1, 0.15) is 0 Å². The number of methoxy groups -OCH3 is 1. The molecule has 0 amide bonds. The summed E-state index contributed by atoms with van der Waals surface area (Å²) in [7, 11) is 1.44. The second-order valence-corrected chi connectivity index (χ2v) is 7.57. The lowest BCUT2D eigenvalue weighted by atomic mass is 9.62. The van der Waals surface area contributed by atoms with Crippen LogP contribution in [0.1, 0.15) is 45.5 Å². The molecule has 1 aliphatic heterocycles. The molecule has 2 aromatic carbocycles. The third-order valence-corrected chi connectivity index (χ3v) is 6.38. The number of Topliss-reactive ketones (excluding diaryl/α,β-unsaturated/α-hetero) is 1. The molecule has 1 heterocycles. The molecule has 3 aliphatic rings. The van der Waals surface area contributed by atoms with Crippen molar-refractivity contribution in [2.45, 2.75) is 24.7 Å². The normalized spacial score (nSPS) is 19.1. The van der Waals surface area contributed by atoms with Crippen molar-refractivity contribution in [1.82, 2.24) is 0 Å². The molecule has 1 saturated heterocycles. The first-order valence-electron chi connectivity index (χ1n) is 9.36. The second kappa shape index (κ2) is 6.02. The Bertz CT molecular complexity index is 1100. The van der Waals surface area contributed by atoms with Gasteiger partial charge in [-0.05, 0) is 65.8 Å². The fourth-order valence-corrected chi connectivity index (χ4v) is 5.04. The predicted octanol–water partition coefficient (Wildman–Crippen LogP) is 3.96. The van der Waals surface area contributed by atoms with E-state index >= 15 is 0 Å². The van der Waals surface area contributed by atoms with Gasteiger partial charge in [0.15, 0.2) is 17.3 Å². The molecule has 28 heavy (non-hydrogen) atoms. The number of fused-ring (bicyclic) bond motifs is 5. The first-order valence-corrected chi connectivity index (χ1v) is 9.36. The van der Waals surface area contributed by atoms with Gasteiger partial charge in [-0.1, -0.05) is 6.07 Å². The lowest BCUT2D eigenvalue weighted by Crippen LogP contribution is -2.40. The monoisotopic (exact) mass is 375 g/mol. The molecule has 1 spiro atoms. The third kappa shape index (κ3) is 2.15. The van der Waals surface area contributed by atoms with Gasteiger partial charge in [-0.2, -0.15) is 5.26 Å². The van der Waals surface area contributed by atoms with Crippen molar-refractivity contribution < 1.29 is 18.7 Å². The summed E-state index contributed by atoms with van der Waals surface area (Å²) in [5, 5.41) is 9.25. The Kier molecular flexibility index (Phi) is 3.68. The van der Waals surface area contributed by atoms with E-state index in [4.69, 9.17) is 9.47 Å². The van der Waals surface area contributed by atoms with Gasteiger partial charge in [0.2, 0.25) is 0 Å². The smallest absolute Gasteiger partial charge is 0.194 e. The van der Waals surface area contributed by atoms with Gasteiger partial charge in [0.05, 0.1) is 18.7 Å². The van der Waals surface area contributed by atoms with Crippen LogP contribution in [0.15, 0.2) is 35.9 Å². The Balaban J connectivity index is 1.78. The van der Waals surface area contributed by atoms with Gasteiger partial charge >= 0.3 is 0 Å². The molecule has 2 aromatic rings. The average Bonchev–Trinajstić information content (AvgIpc) is 3.12. The van der Waals surface area contributed by atoms with E-state index in [1.165, 1.54) is 13.2 Å². The van der Waals surface area contributed by atoms with E-state index in [0.717, 1.165) is 35.1 Å². The van der Waals surface area contributed by atoms with Crippen LogP contribution in [0, 0.1) is 17.1 Å². The van der Waals surface area contributed by atoms with Crippen LogP contribution < -0.4 is 4.74 Å². The van der Waals surface area contributed by atoms with Crippen molar-refractivity contribution >= 4 is 11.4 Å². The molecule has 2 aliphatic carbocycles. The summed E-state index contributed by atoms with van der Waals surface area (Å²) >= 11 is 0. The molecular weight excluding hydrogens is 357 g/mol. The fourth-order valence-electron chi connectivity index (χ4n) is 5.04.